The third-order valence-electron chi connectivity index (χ3n) is 3.34. The number of nitrogens with one attached hydrogen (secondary N) is 2. The van der Waals surface area contributed by atoms with E-state index in [0.29, 0.717) is 0 Å². The first-order valence-corrected chi connectivity index (χ1v) is 7.07. The van der Waals surface area contributed by atoms with Gasteiger partial charge in [-0.2, -0.15) is 0 Å². The van der Waals surface area contributed by atoms with Crippen LogP contribution in [0.4, 0.5) is 11.4 Å². The van der Waals surface area contributed by atoms with Crippen LogP contribution in [-0.4, -0.2) is 12.0 Å². The van der Waals surface area contributed by atoms with Gasteiger partial charge in [0.15, 0.2) is 0 Å². The van der Waals surface area contributed by atoms with Gasteiger partial charge in [0.1, 0.15) is 11.8 Å². The Kier molecular flexibility index (Phi) is 3.52. The van der Waals surface area contributed by atoms with E-state index in [1.807, 2.05) is 62.4 Å². The molecular weight excluding hydrogens is 264 g/mol. The molecule has 2 N–H and O–H groups in total. The predicted molar refractivity (Wildman–Crippen MR) is 83.6 cm³/mol. The molecule has 0 aromatic heterocycles. The lowest BCUT2D eigenvalue weighted by Crippen LogP contribution is -2.20. The van der Waals surface area contributed by atoms with Crippen molar-refractivity contribution in [2.45, 2.75) is 26.0 Å². The summed E-state index contributed by atoms with van der Waals surface area (Å²) in [5.74, 6) is 0.709. The molecule has 1 aliphatic rings. The first-order valence-electron chi connectivity index (χ1n) is 7.07. The van der Waals surface area contributed by atoms with Crippen molar-refractivity contribution in [3.8, 4) is 5.75 Å². The summed E-state index contributed by atoms with van der Waals surface area (Å²) in [6, 6.07) is 15.0. The van der Waals surface area contributed by atoms with Gasteiger partial charge in [-0.05, 0) is 32.0 Å². The third-order valence-corrected chi connectivity index (χ3v) is 3.34. The molecule has 1 aliphatic heterocycles. The van der Waals surface area contributed by atoms with Crippen molar-refractivity contribution in [2.24, 2.45) is 0 Å². The van der Waals surface area contributed by atoms with Crippen molar-refractivity contribution in [3.05, 3.63) is 54.1 Å². The minimum Gasteiger partial charge on any atom is -0.489 e. The van der Waals surface area contributed by atoms with Gasteiger partial charge in [-0.3, -0.25) is 4.79 Å². The van der Waals surface area contributed by atoms with E-state index in [1.165, 1.54) is 0 Å². The molecule has 1 unspecified atom stereocenters. The van der Waals surface area contributed by atoms with E-state index in [2.05, 4.69) is 10.6 Å². The largest absolute Gasteiger partial charge is 0.489 e. The highest BCUT2D eigenvalue weighted by Gasteiger charge is 2.30. The molecule has 1 amide bonds. The predicted octanol–water partition coefficient (Wildman–Crippen LogP) is 3.58. The SMILES string of the molecule is CC(C)Oc1ccccc1NC1C(=O)Nc2ccccc21. The van der Waals surface area contributed by atoms with Gasteiger partial charge in [-0.25, -0.2) is 0 Å². The minimum absolute atomic E-state index is 0.0458. The lowest BCUT2D eigenvalue weighted by Gasteiger charge is -2.18. The normalized spacial score (nSPS) is 16.5. The Morgan fingerprint density at radius 3 is 2.62 bits per heavy atom. The number of ether oxygens (including phenoxy) is 1. The molecule has 0 spiro atoms. The summed E-state index contributed by atoms with van der Waals surface area (Å²) in [6.07, 6.45) is 0.0811. The summed E-state index contributed by atoms with van der Waals surface area (Å²) in [5, 5.41) is 6.17. The Balaban J connectivity index is 1.89. The molecule has 2 aromatic carbocycles. The first kappa shape index (κ1) is 13.5. The number of para-hydroxylation sites is 3. The highest BCUT2D eigenvalue weighted by atomic mass is 16.5. The summed E-state index contributed by atoms with van der Waals surface area (Å²) in [5.41, 5.74) is 2.65. The van der Waals surface area contributed by atoms with E-state index in [9.17, 15) is 4.79 Å². The van der Waals surface area contributed by atoms with Crippen LogP contribution >= 0.6 is 0 Å². The van der Waals surface area contributed by atoms with E-state index in [1.54, 1.807) is 0 Å². The van der Waals surface area contributed by atoms with Gasteiger partial charge in [-0.15, -0.1) is 0 Å². The van der Waals surface area contributed by atoms with Gasteiger partial charge in [-0.1, -0.05) is 30.3 Å². The quantitative estimate of drug-likeness (QED) is 0.901. The van der Waals surface area contributed by atoms with Gasteiger partial charge in [0.05, 0.1) is 11.8 Å². The number of benzene rings is 2. The van der Waals surface area contributed by atoms with E-state index in [-0.39, 0.29) is 12.0 Å². The number of carbonyl (C=O) groups is 1. The van der Waals surface area contributed by atoms with Crippen molar-refractivity contribution < 1.29 is 9.53 Å². The van der Waals surface area contributed by atoms with Crippen LogP contribution in [0.2, 0.25) is 0 Å². The molecule has 0 saturated heterocycles. The molecule has 3 rings (SSSR count). The Labute approximate surface area is 124 Å². The van der Waals surface area contributed by atoms with Crippen LogP contribution in [0.15, 0.2) is 48.5 Å². The smallest absolute Gasteiger partial charge is 0.251 e. The highest BCUT2D eigenvalue weighted by Crippen LogP contribution is 2.35. The Morgan fingerprint density at radius 1 is 1.10 bits per heavy atom. The zero-order chi connectivity index (χ0) is 14.8. The Bertz CT molecular complexity index is 667. The second-order valence-corrected chi connectivity index (χ2v) is 5.32. The highest BCUT2D eigenvalue weighted by molar-refractivity contribution is 6.04. The third kappa shape index (κ3) is 2.70. The summed E-state index contributed by atoms with van der Waals surface area (Å²) >= 11 is 0. The minimum atomic E-state index is -0.391. The van der Waals surface area contributed by atoms with Gasteiger partial charge >= 0.3 is 0 Å². The van der Waals surface area contributed by atoms with Crippen LogP contribution in [0, 0.1) is 0 Å². The fourth-order valence-corrected chi connectivity index (χ4v) is 2.45. The Morgan fingerprint density at radius 2 is 1.81 bits per heavy atom. The van der Waals surface area contributed by atoms with Crippen LogP contribution < -0.4 is 15.4 Å². The lowest BCUT2D eigenvalue weighted by atomic mass is 10.1. The summed E-state index contributed by atoms with van der Waals surface area (Å²) in [4.78, 5) is 12.2. The second-order valence-electron chi connectivity index (χ2n) is 5.32. The topological polar surface area (TPSA) is 50.4 Å². The van der Waals surface area contributed by atoms with Crippen molar-refractivity contribution in [1.82, 2.24) is 0 Å². The van der Waals surface area contributed by atoms with Gasteiger partial charge in [0.2, 0.25) is 0 Å². The average molecular weight is 282 g/mol. The number of anilines is 2. The van der Waals surface area contributed by atoms with E-state index >= 15 is 0 Å². The number of hydrogen-bond donors (Lipinski definition) is 2. The molecule has 0 bridgehead atoms. The molecule has 21 heavy (non-hydrogen) atoms. The van der Waals surface area contributed by atoms with E-state index < -0.39 is 6.04 Å². The van der Waals surface area contributed by atoms with E-state index in [4.69, 9.17) is 4.74 Å². The fourth-order valence-electron chi connectivity index (χ4n) is 2.45. The van der Waals surface area contributed by atoms with Crippen molar-refractivity contribution in [2.75, 3.05) is 10.6 Å². The van der Waals surface area contributed by atoms with Crippen LogP contribution in [0.5, 0.6) is 5.75 Å². The van der Waals surface area contributed by atoms with Crippen molar-refractivity contribution in [3.63, 3.8) is 0 Å². The number of hydrogen-bond acceptors (Lipinski definition) is 3. The monoisotopic (exact) mass is 282 g/mol. The van der Waals surface area contributed by atoms with Crippen LogP contribution in [0.1, 0.15) is 25.5 Å². The molecule has 1 atom stereocenters. The molecule has 0 aliphatic carbocycles. The maximum absolute atomic E-state index is 12.2. The van der Waals surface area contributed by atoms with Gasteiger partial charge in [0, 0.05) is 11.3 Å². The lowest BCUT2D eigenvalue weighted by molar-refractivity contribution is -0.116. The summed E-state index contributed by atoms with van der Waals surface area (Å²) < 4.78 is 5.78. The Hall–Kier alpha value is -2.49. The van der Waals surface area contributed by atoms with Crippen LogP contribution in [-0.2, 0) is 4.79 Å². The molecule has 0 radical (unpaired) electrons. The van der Waals surface area contributed by atoms with Crippen LogP contribution in [0.25, 0.3) is 0 Å². The van der Waals surface area contributed by atoms with Gasteiger partial charge in [0.25, 0.3) is 5.91 Å². The molecule has 1 heterocycles. The standard InChI is InChI=1S/C17H18N2O2/c1-11(2)21-15-10-6-5-9-14(15)18-16-12-7-3-4-8-13(12)19-17(16)20/h3-11,16,18H,1-2H3,(H,19,20). The molecule has 2 aromatic rings. The number of rotatable bonds is 4. The zero-order valence-corrected chi connectivity index (χ0v) is 12.1. The van der Waals surface area contributed by atoms with E-state index in [0.717, 1.165) is 22.7 Å². The molecule has 0 fully saturated rings. The number of amides is 1. The fraction of sp³-hybridized carbons (Fsp3) is 0.235. The molecule has 108 valence electrons. The zero-order valence-electron chi connectivity index (χ0n) is 12.1. The van der Waals surface area contributed by atoms with Gasteiger partial charge < -0.3 is 15.4 Å². The number of fused-ring (bicyclic) bond motifs is 1. The van der Waals surface area contributed by atoms with Crippen LogP contribution in [0.3, 0.4) is 0 Å². The maximum atomic E-state index is 12.2. The number of carbonyl (C=O) groups excluding carboxylic acids is 1. The van der Waals surface area contributed by atoms with Crippen molar-refractivity contribution in [1.29, 1.82) is 0 Å². The molecule has 0 saturated carbocycles. The summed E-state index contributed by atoms with van der Waals surface area (Å²) in [6.45, 7) is 3.96. The first-order chi connectivity index (χ1) is 10.1. The van der Waals surface area contributed by atoms with Crippen molar-refractivity contribution >= 4 is 17.3 Å². The average Bonchev–Trinajstić information content (AvgIpc) is 2.77. The molecular formula is C17H18N2O2. The summed E-state index contributed by atoms with van der Waals surface area (Å²) in [7, 11) is 0. The molecule has 4 nitrogen and oxygen atoms in total. The maximum Gasteiger partial charge on any atom is 0.251 e. The molecule has 4 heteroatoms. The second kappa shape index (κ2) is 5.48.